The third-order valence-electron chi connectivity index (χ3n) is 5.14. The van der Waals surface area contributed by atoms with Crippen LogP contribution in [-0.2, 0) is 9.53 Å². The van der Waals surface area contributed by atoms with Gasteiger partial charge in [-0.2, -0.15) is 0 Å². The van der Waals surface area contributed by atoms with Crippen molar-refractivity contribution in [2.75, 3.05) is 38.6 Å². The molecule has 150 valence electrons. The number of nitrogens with zero attached hydrogens (tertiary/aromatic N) is 1. The van der Waals surface area contributed by atoms with E-state index < -0.39 is 0 Å². The summed E-state index contributed by atoms with van der Waals surface area (Å²) in [6.07, 6.45) is 0. The molecule has 0 aliphatic carbocycles. The molecule has 0 bridgehead atoms. The van der Waals surface area contributed by atoms with Crippen molar-refractivity contribution in [2.45, 2.75) is 31.7 Å². The van der Waals surface area contributed by atoms with E-state index in [0.717, 1.165) is 26.3 Å². The highest BCUT2D eigenvalue weighted by atomic mass is 32.2. The first-order valence-electron chi connectivity index (χ1n) is 9.88. The lowest BCUT2D eigenvalue weighted by atomic mass is 10.0. The van der Waals surface area contributed by atoms with Crippen molar-refractivity contribution in [1.82, 2.24) is 10.2 Å². The highest BCUT2D eigenvalue weighted by Crippen LogP contribution is 2.24. The van der Waals surface area contributed by atoms with Crippen molar-refractivity contribution in [1.29, 1.82) is 0 Å². The highest BCUT2D eigenvalue weighted by molar-refractivity contribution is 8.00. The number of rotatable bonds is 7. The lowest BCUT2D eigenvalue weighted by Gasteiger charge is -2.35. The monoisotopic (exact) mass is 398 g/mol. The standard InChI is InChI=1S/C23H30N2O2S/c1-17-5-8-20(9-6-17)21(25-10-12-27-13-11-25)15-24-23(26)16-28-22-14-18(2)4-7-19(22)3/h4-9,14,21H,10-13,15-16H2,1-3H3,(H,24,26). The molecule has 1 atom stereocenters. The number of aryl methyl sites for hydroxylation is 3. The van der Waals surface area contributed by atoms with Crippen LogP contribution in [0.15, 0.2) is 47.4 Å². The summed E-state index contributed by atoms with van der Waals surface area (Å²) in [4.78, 5) is 16.1. The number of thioether (sulfide) groups is 1. The molecule has 0 radical (unpaired) electrons. The van der Waals surface area contributed by atoms with Crippen molar-refractivity contribution in [2.24, 2.45) is 0 Å². The second kappa shape index (κ2) is 10.1. The summed E-state index contributed by atoms with van der Waals surface area (Å²) >= 11 is 1.61. The van der Waals surface area contributed by atoms with Crippen LogP contribution in [0.3, 0.4) is 0 Å². The van der Waals surface area contributed by atoms with Crippen LogP contribution in [0.5, 0.6) is 0 Å². The number of carbonyl (C=O) groups excluding carboxylic acids is 1. The summed E-state index contributed by atoms with van der Waals surface area (Å²) in [5.41, 5.74) is 4.93. The van der Waals surface area contributed by atoms with Gasteiger partial charge >= 0.3 is 0 Å². The van der Waals surface area contributed by atoms with Gasteiger partial charge in [-0.25, -0.2) is 0 Å². The van der Waals surface area contributed by atoms with E-state index in [1.165, 1.54) is 27.1 Å². The summed E-state index contributed by atoms with van der Waals surface area (Å²) < 4.78 is 5.51. The van der Waals surface area contributed by atoms with Gasteiger partial charge in [0.15, 0.2) is 0 Å². The van der Waals surface area contributed by atoms with Crippen molar-refractivity contribution in [3.63, 3.8) is 0 Å². The highest BCUT2D eigenvalue weighted by Gasteiger charge is 2.23. The predicted molar refractivity (Wildman–Crippen MR) is 116 cm³/mol. The summed E-state index contributed by atoms with van der Waals surface area (Å²) in [6, 6.07) is 15.2. The first-order valence-corrected chi connectivity index (χ1v) is 10.9. The normalized spacial score (nSPS) is 16.0. The van der Waals surface area contributed by atoms with Crippen molar-refractivity contribution in [3.05, 3.63) is 64.7 Å². The van der Waals surface area contributed by atoms with Gasteiger partial charge in [0.25, 0.3) is 0 Å². The molecule has 0 aromatic heterocycles. The Morgan fingerprint density at radius 3 is 2.46 bits per heavy atom. The third kappa shape index (κ3) is 5.84. The van der Waals surface area contributed by atoms with Crippen LogP contribution in [0.25, 0.3) is 0 Å². The number of hydrogen-bond acceptors (Lipinski definition) is 4. The van der Waals surface area contributed by atoms with E-state index in [4.69, 9.17) is 4.74 Å². The van der Waals surface area contributed by atoms with Crippen LogP contribution in [0.1, 0.15) is 28.3 Å². The largest absolute Gasteiger partial charge is 0.379 e. The molecule has 1 N–H and O–H groups in total. The maximum absolute atomic E-state index is 12.5. The van der Waals surface area contributed by atoms with E-state index in [9.17, 15) is 4.79 Å². The lowest BCUT2D eigenvalue weighted by molar-refractivity contribution is -0.118. The summed E-state index contributed by atoms with van der Waals surface area (Å²) in [7, 11) is 0. The molecule has 1 heterocycles. The lowest BCUT2D eigenvalue weighted by Crippen LogP contribution is -2.44. The quantitative estimate of drug-likeness (QED) is 0.719. The van der Waals surface area contributed by atoms with Crippen LogP contribution >= 0.6 is 11.8 Å². The molecule has 1 amide bonds. The van der Waals surface area contributed by atoms with E-state index in [0.29, 0.717) is 12.3 Å². The molecule has 4 nitrogen and oxygen atoms in total. The molecule has 1 saturated heterocycles. The van der Waals surface area contributed by atoms with Gasteiger partial charge in [0.2, 0.25) is 5.91 Å². The van der Waals surface area contributed by atoms with Crippen molar-refractivity contribution in [3.8, 4) is 0 Å². The van der Waals surface area contributed by atoms with Gasteiger partial charge < -0.3 is 10.1 Å². The number of benzene rings is 2. The molecule has 2 aromatic rings. The Kier molecular flexibility index (Phi) is 7.54. The van der Waals surface area contributed by atoms with Gasteiger partial charge in [-0.3, -0.25) is 9.69 Å². The van der Waals surface area contributed by atoms with Gasteiger partial charge in [-0.05, 0) is 38.0 Å². The Morgan fingerprint density at radius 2 is 1.75 bits per heavy atom. The fraction of sp³-hybridized carbons (Fsp3) is 0.435. The Bertz CT molecular complexity index is 786. The number of carbonyl (C=O) groups is 1. The molecule has 1 aliphatic rings. The minimum Gasteiger partial charge on any atom is -0.379 e. The maximum atomic E-state index is 12.5. The first kappa shape index (κ1) is 20.9. The Labute approximate surface area is 172 Å². The van der Waals surface area contributed by atoms with E-state index in [1.807, 2.05) is 0 Å². The molecule has 2 aromatic carbocycles. The predicted octanol–water partition coefficient (Wildman–Crippen LogP) is 3.89. The second-order valence-corrected chi connectivity index (χ2v) is 8.45. The van der Waals surface area contributed by atoms with Crippen LogP contribution < -0.4 is 5.32 Å². The Hall–Kier alpha value is -1.82. The minimum atomic E-state index is 0.0799. The fourth-order valence-electron chi connectivity index (χ4n) is 3.40. The zero-order valence-electron chi connectivity index (χ0n) is 17.0. The van der Waals surface area contributed by atoms with Gasteiger partial charge in [-0.15, -0.1) is 11.8 Å². The topological polar surface area (TPSA) is 41.6 Å². The zero-order valence-corrected chi connectivity index (χ0v) is 17.8. The molecule has 3 rings (SSSR count). The Balaban J connectivity index is 1.59. The Morgan fingerprint density at radius 1 is 1.07 bits per heavy atom. The summed E-state index contributed by atoms with van der Waals surface area (Å²) in [5.74, 6) is 0.518. The van der Waals surface area contributed by atoms with E-state index in [2.05, 4.69) is 73.5 Å². The number of morpholine rings is 1. The fourth-order valence-corrected chi connectivity index (χ4v) is 4.36. The average molecular weight is 399 g/mol. The number of amides is 1. The van der Waals surface area contributed by atoms with Crippen molar-refractivity contribution >= 4 is 17.7 Å². The molecular formula is C23H30N2O2S. The van der Waals surface area contributed by atoms with Crippen LogP contribution in [0.2, 0.25) is 0 Å². The van der Waals surface area contributed by atoms with Crippen molar-refractivity contribution < 1.29 is 9.53 Å². The van der Waals surface area contributed by atoms with Crippen LogP contribution in [0, 0.1) is 20.8 Å². The zero-order chi connectivity index (χ0) is 19.9. The van der Waals surface area contributed by atoms with Gasteiger partial charge in [0.1, 0.15) is 0 Å². The SMILES string of the molecule is Cc1ccc(C(CNC(=O)CSc2cc(C)ccc2C)N2CCOCC2)cc1. The van der Waals surface area contributed by atoms with E-state index in [-0.39, 0.29) is 11.9 Å². The molecule has 0 spiro atoms. The minimum absolute atomic E-state index is 0.0799. The first-order chi connectivity index (χ1) is 13.5. The smallest absolute Gasteiger partial charge is 0.230 e. The van der Waals surface area contributed by atoms with Gasteiger partial charge in [0.05, 0.1) is 25.0 Å². The number of nitrogens with one attached hydrogen (secondary N) is 1. The van der Waals surface area contributed by atoms with Crippen LogP contribution in [0.4, 0.5) is 0 Å². The maximum Gasteiger partial charge on any atom is 0.230 e. The molecule has 0 saturated carbocycles. The molecule has 1 fully saturated rings. The molecule has 1 unspecified atom stereocenters. The second-order valence-electron chi connectivity index (χ2n) is 7.44. The summed E-state index contributed by atoms with van der Waals surface area (Å²) in [6.45, 7) is 10.2. The van der Waals surface area contributed by atoms with E-state index in [1.54, 1.807) is 11.8 Å². The van der Waals surface area contributed by atoms with Gasteiger partial charge in [-0.1, -0.05) is 47.5 Å². The van der Waals surface area contributed by atoms with E-state index >= 15 is 0 Å². The molecule has 5 heteroatoms. The average Bonchev–Trinajstić information content (AvgIpc) is 2.71. The molecular weight excluding hydrogens is 368 g/mol. The number of ether oxygens (including phenoxy) is 1. The van der Waals surface area contributed by atoms with Gasteiger partial charge in [0, 0.05) is 24.5 Å². The van der Waals surface area contributed by atoms with Crippen LogP contribution in [-0.4, -0.2) is 49.4 Å². The number of hydrogen-bond donors (Lipinski definition) is 1. The molecule has 28 heavy (non-hydrogen) atoms. The molecule has 1 aliphatic heterocycles. The third-order valence-corrected chi connectivity index (χ3v) is 6.30. The summed E-state index contributed by atoms with van der Waals surface area (Å²) in [5, 5.41) is 3.16.